The SMILES string of the molecule is Cc1cccc(CN2CCCC(C(=O)Nc3ccc(I)cc3)C2)c1. The van der Waals surface area contributed by atoms with Crippen LogP contribution in [0, 0.1) is 16.4 Å². The number of aryl methyl sites for hydroxylation is 1. The van der Waals surface area contributed by atoms with E-state index >= 15 is 0 Å². The lowest BCUT2D eigenvalue weighted by Crippen LogP contribution is -2.40. The lowest BCUT2D eigenvalue weighted by molar-refractivity contribution is -0.121. The fourth-order valence-electron chi connectivity index (χ4n) is 3.26. The number of hydrogen-bond acceptors (Lipinski definition) is 2. The molecule has 1 fully saturated rings. The Hall–Kier alpha value is -1.40. The van der Waals surface area contributed by atoms with E-state index in [2.05, 4.69) is 64.0 Å². The number of carbonyl (C=O) groups excluding carboxylic acids is 1. The second-order valence-corrected chi connectivity index (χ2v) is 7.81. The predicted octanol–water partition coefficient (Wildman–Crippen LogP) is 4.45. The molecule has 2 aromatic rings. The molecule has 0 bridgehead atoms. The number of amides is 1. The first kappa shape index (κ1) is 17.4. The van der Waals surface area contributed by atoms with Gasteiger partial charge in [-0.25, -0.2) is 0 Å². The maximum absolute atomic E-state index is 12.6. The number of hydrogen-bond donors (Lipinski definition) is 1. The monoisotopic (exact) mass is 434 g/mol. The van der Waals surface area contributed by atoms with Gasteiger partial charge >= 0.3 is 0 Å². The molecule has 1 saturated heterocycles. The zero-order valence-corrected chi connectivity index (χ0v) is 16.1. The highest BCUT2D eigenvalue weighted by Gasteiger charge is 2.25. The molecule has 0 aliphatic carbocycles. The molecule has 4 heteroatoms. The van der Waals surface area contributed by atoms with Crippen molar-refractivity contribution in [3.63, 3.8) is 0 Å². The van der Waals surface area contributed by atoms with Crippen LogP contribution in [-0.4, -0.2) is 23.9 Å². The van der Waals surface area contributed by atoms with Gasteiger partial charge in [-0.15, -0.1) is 0 Å². The van der Waals surface area contributed by atoms with Gasteiger partial charge in [0.1, 0.15) is 0 Å². The molecule has 1 aliphatic heterocycles. The summed E-state index contributed by atoms with van der Waals surface area (Å²) in [5.74, 6) is 0.216. The molecule has 126 valence electrons. The third-order valence-corrected chi connectivity index (χ3v) is 5.20. The van der Waals surface area contributed by atoms with Crippen molar-refractivity contribution in [3.05, 3.63) is 63.2 Å². The van der Waals surface area contributed by atoms with Crippen LogP contribution in [0.4, 0.5) is 5.69 Å². The van der Waals surface area contributed by atoms with Gasteiger partial charge in [0.2, 0.25) is 5.91 Å². The molecular weight excluding hydrogens is 411 g/mol. The van der Waals surface area contributed by atoms with E-state index in [4.69, 9.17) is 0 Å². The van der Waals surface area contributed by atoms with Crippen LogP contribution in [0.2, 0.25) is 0 Å². The molecule has 0 spiro atoms. The van der Waals surface area contributed by atoms with Crippen LogP contribution in [-0.2, 0) is 11.3 Å². The van der Waals surface area contributed by atoms with Gasteiger partial charge in [0.05, 0.1) is 5.92 Å². The van der Waals surface area contributed by atoms with E-state index in [1.807, 2.05) is 24.3 Å². The first-order chi connectivity index (χ1) is 11.6. The number of benzene rings is 2. The molecule has 1 heterocycles. The molecule has 3 nitrogen and oxygen atoms in total. The Balaban J connectivity index is 1.58. The number of piperidine rings is 1. The second kappa shape index (κ2) is 8.12. The summed E-state index contributed by atoms with van der Waals surface area (Å²) in [4.78, 5) is 15.0. The molecule has 24 heavy (non-hydrogen) atoms. The average molecular weight is 434 g/mol. The summed E-state index contributed by atoms with van der Waals surface area (Å²) in [7, 11) is 0. The molecule has 0 radical (unpaired) electrons. The van der Waals surface area contributed by atoms with Crippen molar-refractivity contribution in [2.45, 2.75) is 26.3 Å². The maximum Gasteiger partial charge on any atom is 0.228 e. The van der Waals surface area contributed by atoms with Crippen molar-refractivity contribution in [2.24, 2.45) is 5.92 Å². The van der Waals surface area contributed by atoms with Crippen molar-refractivity contribution in [1.29, 1.82) is 0 Å². The van der Waals surface area contributed by atoms with Crippen LogP contribution in [0.5, 0.6) is 0 Å². The summed E-state index contributed by atoms with van der Waals surface area (Å²) < 4.78 is 1.17. The zero-order chi connectivity index (χ0) is 16.9. The number of rotatable bonds is 4. The minimum absolute atomic E-state index is 0.0721. The number of likely N-dealkylation sites (tertiary alicyclic amines) is 1. The Morgan fingerprint density at radius 3 is 2.79 bits per heavy atom. The predicted molar refractivity (Wildman–Crippen MR) is 107 cm³/mol. The molecule has 2 aromatic carbocycles. The molecule has 1 aliphatic rings. The van der Waals surface area contributed by atoms with E-state index in [0.717, 1.165) is 38.2 Å². The van der Waals surface area contributed by atoms with Crippen molar-refractivity contribution >= 4 is 34.2 Å². The number of nitrogens with zero attached hydrogens (tertiary/aromatic N) is 1. The first-order valence-corrected chi connectivity index (χ1v) is 9.52. The van der Waals surface area contributed by atoms with E-state index in [1.165, 1.54) is 14.7 Å². The van der Waals surface area contributed by atoms with Crippen LogP contribution in [0.1, 0.15) is 24.0 Å². The van der Waals surface area contributed by atoms with Crippen molar-refractivity contribution in [1.82, 2.24) is 4.90 Å². The molecule has 3 rings (SSSR count). The van der Waals surface area contributed by atoms with E-state index in [-0.39, 0.29) is 11.8 Å². The van der Waals surface area contributed by atoms with Crippen LogP contribution in [0.15, 0.2) is 48.5 Å². The highest BCUT2D eigenvalue weighted by atomic mass is 127. The maximum atomic E-state index is 12.6. The Kier molecular flexibility index (Phi) is 5.89. The fourth-order valence-corrected chi connectivity index (χ4v) is 3.62. The summed E-state index contributed by atoms with van der Waals surface area (Å²) in [6, 6.07) is 16.6. The lowest BCUT2D eigenvalue weighted by Gasteiger charge is -2.32. The summed E-state index contributed by atoms with van der Waals surface area (Å²) in [6.45, 7) is 4.96. The molecule has 1 amide bonds. The summed E-state index contributed by atoms with van der Waals surface area (Å²) in [5, 5.41) is 3.06. The van der Waals surface area contributed by atoms with Crippen LogP contribution in [0.3, 0.4) is 0 Å². The zero-order valence-electron chi connectivity index (χ0n) is 14.0. The van der Waals surface area contributed by atoms with Gasteiger partial charge in [-0.05, 0) is 78.7 Å². The largest absolute Gasteiger partial charge is 0.326 e. The molecule has 1 atom stereocenters. The number of halogens is 1. The van der Waals surface area contributed by atoms with Gasteiger partial charge in [-0.3, -0.25) is 9.69 Å². The minimum atomic E-state index is 0.0721. The molecular formula is C20H23IN2O. The Morgan fingerprint density at radius 1 is 1.25 bits per heavy atom. The number of anilines is 1. The molecule has 0 aromatic heterocycles. The van der Waals surface area contributed by atoms with E-state index in [9.17, 15) is 4.79 Å². The summed E-state index contributed by atoms with van der Waals surface area (Å²) in [6.07, 6.45) is 2.05. The van der Waals surface area contributed by atoms with E-state index in [0.29, 0.717) is 0 Å². The van der Waals surface area contributed by atoms with E-state index in [1.54, 1.807) is 0 Å². The standard InChI is InChI=1S/C20H23IN2O/c1-15-4-2-5-16(12-15)13-23-11-3-6-17(14-23)20(24)22-19-9-7-18(21)8-10-19/h2,4-5,7-10,12,17H,3,6,11,13-14H2,1H3,(H,22,24). The van der Waals surface area contributed by atoms with Gasteiger partial charge in [0.25, 0.3) is 0 Å². The average Bonchev–Trinajstić information content (AvgIpc) is 2.57. The number of nitrogens with one attached hydrogen (secondary N) is 1. The number of carbonyl (C=O) groups is 1. The fraction of sp³-hybridized carbons (Fsp3) is 0.350. The third kappa shape index (κ3) is 4.80. The van der Waals surface area contributed by atoms with Gasteiger partial charge in [0, 0.05) is 22.3 Å². The van der Waals surface area contributed by atoms with Gasteiger partial charge in [0.15, 0.2) is 0 Å². The van der Waals surface area contributed by atoms with Crippen LogP contribution < -0.4 is 5.32 Å². The summed E-state index contributed by atoms with van der Waals surface area (Å²) >= 11 is 2.27. The summed E-state index contributed by atoms with van der Waals surface area (Å²) in [5.41, 5.74) is 3.50. The molecule has 1 unspecified atom stereocenters. The Labute approximate surface area is 157 Å². The minimum Gasteiger partial charge on any atom is -0.326 e. The Morgan fingerprint density at radius 2 is 2.04 bits per heavy atom. The van der Waals surface area contributed by atoms with E-state index < -0.39 is 0 Å². The smallest absolute Gasteiger partial charge is 0.228 e. The quantitative estimate of drug-likeness (QED) is 0.722. The van der Waals surface area contributed by atoms with Crippen LogP contribution >= 0.6 is 22.6 Å². The van der Waals surface area contributed by atoms with Crippen LogP contribution in [0.25, 0.3) is 0 Å². The van der Waals surface area contributed by atoms with Crippen molar-refractivity contribution in [2.75, 3.05) is 18.4 Å². The van der Waals surface area contributed by atoms with Crippen molar-refractivity contribution in [3.8, 4) is 0 Å². The highest BCUT2D eigenvalue weighted by Crippen LogP contribution is 2.21. The third-order valence-electron chi connectivity index (χ3n) is 4.48. The second-order valence-electron chi connectivity index (χ2n) is 6.56. The van der Waals surface area contributed by atoms with Crippen molar-refractivity contribution < 1.29 is 4.79 Å². The van der Waals surface area contributed by atoms with Gasteiger partial charge in [-0.2, -0.15) is 0 Å². The topological polar surface area (TPSA) is 32.3 Å². The van der Waals surface area contributed by atoms with Gasteiger partial charge < -0.3 is 5.32 Å². The first-order valence-electron chi connectivity index (χ1n) is 8.44. The molecule has 1 N–H and O–H groups in total. The normalized spacial score (nSPS) is 18.3. The highest BCUT2D eigenvalue weighted by molar-refractivity contribution is 14.1. The Bertz CT molecular complexity index is 699. The van der Waals surface area contributed by atoms with Gasteiger partial charge in [-0.1, -0.05) is 29.8 Å². The molecule has 0 saturated carbocycles. The lowest BCUT2D eigenvalue weighted by atomic mass is 9.96.